The van der Waals surface area contributed by atoms with Crippen molar-refractivity contribution in [2.45, 2.75) is 23.4 Å². The largest absolute Gasteiger partial charge is 0.310 e. The van der Waals surface area contributed by atoms with Crippen molar-refractivity contribution in [1.82, 2.24) is 15.2 Å². The highest BCUT2D eigenvalue weighted by Gasteiger charge is 2.17. The second-order valence-electron chi connectivity index (χ2n) is 3.70. The van der Waals surface area contributed by atoms with Gasteiger partial charge in [-0.2, -0.15) is 0 Å². The summed E-state index contributed by atoms with van der Waals surface area (Å²) in [6.45, 7) is 3.69. The Morgan fingerprint density at radius 3 is 2.84 bits per heavy atom. The van der Waals surface area contributed by atoms with Gasteiger partial charge in [0.1, 0.15) is 10.8 Å². The number of aromatic nitrogens is 3. The van der Waals surface area contributed by atoms with Crippen molar-refractivity contribution >= 4 is 46.4 Å². The molecule has 2 aromatic rings. The van der Waals surface area contributed by atoms with Crippen molar-refractivity contribution in [3.8, 4) is 0 Å². The summed E-state index contributed by atoms with van der Waals surface area (Å²) in [4.78, 5) is 16.0. The summed E-state index contributed by atoms with van der Waals surface area (Å²) in [7, 11) is 0. The molecule has 1 atom stereocenters. The van der Waals surface area contributed by atoms with Crippen LogP contribution in [0.1, 0.15) is 11.9 Å². The van der Waals surface area contributed by atoms with Gasteiger partial charge in [-0.1, -0.05) is 34.7 Å². The molecule has 1 amide bonds. The number of hydrogen-bond donors (Lipinski definition) is 1. The topological polar surface area (TPSA) is 67.8 Å². The van der Waals surface area contributed by atoms with Crippen LogP contribution in [-0.2, 0) is 4.79 Å². The molecule has 0 aromatic carbocycles. The van der Waals surface area contributed by atoms with Gasteiger partial charge < -0.3 is 5.32 Å². The molecule has 8 heteroatoms. The molecule has 2 rings (SSSR count). The van der Waals surface area contributed by atoms with Crippen molar-refractivity contribution in [3.05, 3.63) is 28.4 Å². The van der Waals surface area contributed by atoms with Crippen molar-refractivity contribution in [1.29, 1.82) is 0 Å². The fraction of sp³-hybridized carbons (Fsp3) is 0.273. The second-order valence-corrected chi connectivity index (χ2v) is 6.90. The first-order valence-electron chi connectivity index (χ1n) is 5.44. The SMILES string of the molecule is Cc1nnc(S[C@@H](C)C(=O)Nc2ccc(Cl)cn2)s1. The lowest BCUT2D eigenvalue weighted by Crippen LogP contribution is -2.22. The van der Waals surface area contributed by atoms with Gasteiger partial charge >= 0.3 is 0 Å². The standard InChI is InChI=1S/C11H11ClN4OS2/c1-6(18-11-16-15-7(2)19-11)10(17)14-9-4-3-8(12)5-13-9/h3-6H,1-2H3,(H,13,14,17)/t6-/m0/s1. The number of carbonyl (C=O) groups is 1. The zero-order valence-corrected chi connectivity index (χ0v) is 12.6. The molecule has 0 spiro atoms. The van der Waals surface area contributed by atoms with Gasteiger partial charge in [-0.15, -0.1) is 10.2 Å². The molecule has 0 saturated carbocycles. The molecule has 1 N–H and O–H groups in total. The number of nitrogens with one attached hydrogen (secondary N) is 1. The van der Waals surface area contributed by atoms with Gasteiger partial charge in [0, 0.05) is 6.20 Å². The van der Waals surface area contributed by atoms with Crippen molar-refractivity contribution in [2.24, 2.45) is 0 Å². The van der Waals surface area contributed by atoms with Gasteiger partial charge in [0.15, 0.2) is 4.34 Å². The first-order chi connectivity index (χ1) is 9.04. The van der Waals surface area contributed by atoms with E-state index in [1.165, 1.54) is 29.3 Å². The van der Waals surface area contributed by atoms with E-state index in [0.29, 0.717) is 10.8 Å². The van der Waals surface area contributed by atoms with Crippen LogP contribution in [0.3, 0.4) is 0 Å². The Morgan fingerprint density at radius 1 is 1.47 bits per heavy atom. The van der Waals surface area contributed by atoms with Crippen LogP contribution in [-0.4, -0.2) is 26.3 Å². The van der Waals surface area contributed by atoms with E-state index in [2.05, 4.69) is 20.5 Å². The van der Waals surface area contributed by atoms with E-state index in [0.717, 1.165) is 9.35 Å². The number of pyridine rings is 1. The van der Waals surface area contributed by atoms with Crippen LogP contribution in [0.5, 0.6) is 0 Å². The number of hydrogen-bond acceptors (Lipinski definition) is 6. The molecule has 0 aliphatic rings. The molecule has 19 heavy (non-hydrogen) atoms. The summed E-state index contributed by atoms with van der Waals surface area (Å²) in [6.07, 6.45) is 1.49. The maximum atomic E-state index is 12.0. The molecule has 2 aromatic heterocycles. The number of aryl methyl sites for hydroxylation is 1. The summed E-state index contributed by atoms with van der Waals surface area (Å²) in [5, 5.41) is 11.8. The van der Waals surface area contributed by atoms with Crippen LogP contribution < -0.4 is 5.32 Å². The van der Waals surface area contributed by atoms with Crippen LogP contribution in [0.2, 0.25) is 5.02 Å². The lowest BCUT2D eigenvalue weighted by Gasteiger charge is -2.09. The van der Waals surface area contributed by atoms with Crippen LogP contribution >= 0.6 is 34.7 Å². The Hall–Kier alpha value is -1.18. The van der Waals surface area contributed by atoms with E-state index in [1.807, 2.05) is 13.8 Å². The van der Waals surface area contributed by atoms with E-state index < -0.39 is 0 Å². The number of thioether (sulfide) groups is 1. The molecule has 0 fully saturated rings. The van der Waals surface area contributed by atoms with Crippen LogP contribution in [0.25, 0.3) is 0 Å². The van der Waals surface area contributed by atoms with E-state index in [4.69, 9.17) is 11.6 Å². The summed E-state index contributed by atoms with van der Waals surface area (Å²) >= 11 is 8.57. The fourth-order valence-electron chi connectivity index (χ4n) is 1.21. The van der Waals surface area contributed by atoms with Crippen LogP contribution in [0.4, 0.5) is 5.82 Å². The molecule has 5 nitrogen and oxygen atoms in total. The lowest BCUT2D eigenvalue weighted by atomic mass is 10.4. The minimum absolute atomic E-state index is 0.132. The van der Waals surface area contributed by atoms with E-state index in [-0.39, 0.29) is 11.2 Å². The number of halogens is 1. The number of carbonyl (C=O) groups excluding carboxylic acids is 1. The summed E-state index contributed by atoms with van der Waals surface area (Å²) in [5.74, 6) is 0.350. The third-order valence-electron chi connectivity index (χ3n) is 2.13. The summed E-state index contributed by atoms with van der Waals surface area (Å²) in [6, 6.07) is 3.34. The van der Waals surface area contributed by atoms with Gasteiger partial charge in [-0.3, -0.25) is 4.79 Å². The van der Waals surface area contributed by atoms with Crippen LogP contribution in [0.15, 0.2) is 22.7 Å². The van der Waals surface area contributed by atoms with Gasteiger partial charge in [0.05, 0.1) is 10.3 Å². The minimum atomic E-state index is -0.273. The summed E-state index contributed by atoms with van der Waals surface area (Å²) in [5.41, 5.74) is 0. The predicted molar refractivity (Wildman–Crippen MR) is 77.8 cm³/mol. The smallest absolute Gasteiger partial charge is 0.238 e. The third-order valence-corrected chi connectivity index (χ3v) is 4.38. The van der Waals surface area contributed by atoms with E-state index in [1.54, 1.807) is 12.1 Å². The Bertz CT molecular complexity index is 572. The maximum Gasteiger partial charge on any atom is 0.238 e. The van der Waals surface area contributed by atoms with Crippen molar-refractivity contribution in [2.75, 3.05) is 5.32 Å². The fourth-order valence-corrected chi connectivity index (χ4v) is 3.28. The molecule has 0 bridgehead atoms. The predicted octanol–water partition coefficient (Wildman–Crippen LogP) is 3.01. The van der Waals surface area contributed by atoms with Gasteiger partial charge in [-0.25, -0.2) is 4.98 Å². The van der Waals surface area contributed by atoms with Crippen LogP contribution in [0, 0.1) is 6.92 Å². The molecule has 0 aliphatic heterocycles. The molecule has 100 valence electrons. The average molecular weight is 315 g/mol. The quantitative estimate of drug-likeness (QED) is 0.879. The number of anilines is 1. The Labute approximate surface area is 123 Å². The molecule has 0 radical (unpaired) electrons. The lowest BCUT2D eigenvalue weighted by molar-refractivity contribution is -0.115. The highest BCUT2D eigenvalue weighted by atomic mass is 35.5. The average Bonchev–Trinajstić information content (AvgIpc) is 2.77. The van der Waals surface area contributed by atoms with Crippen molar-refractivity contribution < 1.29 is 4.79 Å². The van der Waals surface area contributed by atoms with Gasteiger partial charge in [-0.05, 0) is 26.0 Å². The number of nitrogens with zero attached hydrogens (tertiary/aromatic N) is 3. The normalized spacial score (nSPS) is 12.2. The monoisotopic (exact) mass is 314 g/mol. The van der Waals surface area contributed by atoms with Crippen molar-refractivity contribution in [3.63, 3.8) is 0 Å². The third kappa shape index (κ3) is 4.15. The molecule has 0 aliphatic carbocycles. The van der Waals surface area contributed by atoms with E-state index in [9.17, 15) is 4.79 Å². The van der Waals surface area contributed by atoms with Gasteiger partial charge in [0.25, 0.3) is 0 Å². The second kappa shape index (κ2) is 6.31. The summed E-state index contributed by atoms with van der Waals surface area (Å²) < 4.78 is 0.782. The Balaban J connectivity index is 1.94. The van der Waals surface area contributed by atoms with Gasteiger partial charge in [0.2, 0.25) is 5.91 Å². The highest BCUT2D eigenvalue weighted by Crippen LogP contribution is 2.26. The zero-order chi connectivity index (χ0) is 13.8. The molecule has 0 saturated heterocycles. The number of amides is 1. The highest BCUT2D eigenvalue weighted by molar-refractivity contribution is 8.02. The minimum Gasteiger partial charge on any atom is -0.310 e. The zero-order valence-electron chi connectivity index (χ0n) is 10.3. The first kappa shape index (κ1) is 14.2. The molecule has 2 heterocycles. The first-order valence-corrected chi connectivity index (χ1v) is 7.51. The molecule has 0 unspecified atom stereocenters. The molecular weight excluding hydrogens is 304 g/mol. The maximum absolute atomic E-state index is 12.0. The number of rotatable bonds is 4. The molecular formula is C11H11ClN4OS2. The Morgan fingerprint density at radius 2 is 2.26 bits per heavy atom. The Kier molecular flexibility index (Phi) is 4.73. The van der Waals surface area contributed by atoms with E-state index >= 15 is 0 Å².